The molecule has 1 aliphatic rings. The maximum absolute atomic E-state index is 12.3. The first-order valence-corrected chi connectivity index (χ1v) is 7.50. The van der Waals surface area contributed by atoms with Crippen molar-refractivity contribution in [3.05, 3.63) is 35.9 Å². The summed E-state index contributed by atoms with van der Waals surface area (Å²) in [7, 11) is 0. The molecule has 1 saturated carbocycles. The Hall–Kier alpha value is -1.31. The molecule has 0 spiro atoms. The normalized spacial score (nSPS) is 14.7. The van der Waals surface area contributed by atoms with Crippen LogP contribution in [0.25, 0.3) is 0 Å². The van der Waals surface area contributed by atoms with Crippen molar-refractivity contribution in [2.75, 3.05) is 6.54 Å². The van der Waals surface area contributed by atoms with Crippen molar-refractivity contribution in [2.45, 2.75) is 52.0 Å². The predicted molar refractivity (Wildman–Crippen MR) is 79.0 cm³/mol. The number of amides is 1. The third kappa shape index (κ3) is 4.70. The van der Waals surface area contributed by atoms with Crippen molar-refractivity contribution in [3.8, 4) is 0 Å². The minimum Gasteiger partial charge on any atom is -0.339 e. The molecule has 0 unspecified atom stereocenters. The van der Waals surface area contributed by atoms with E-state index >= 15 is 0 Å². The number of hydrogen-bond acceptors (Lipinski definition) is 1. The summed E-state index contributed by atoms with van der Waals surface area (Å²) in [4.78, 5) is 14.4. The van der Waals surface area contributed by atoms with Gasteiger partial charge in [-0.25, -0.2) is 0 Å². The summed E-state index contributed by atoms with van der Waals surface area (Å²) in [6.45, 7) is 5.30. The van der Waals surface area contributed by atoms with Crippen LogP contribution in [0.4, 0.5) is 0 Å². The first kappa shape index (κ1) is 14.1. The van der Waals surface area contributed by atoms with Crippen LogP contribution in [0.1, 0.15) is 45.1 Å². The van der Waals surface area contributed by atoms with Crippen LogP contribution in [0.3, 0.4) is 0 Å². The fourth-order valence-corrected chi connectivity index (χ4v) is 2.47. The molecule has 104 valence electrons. The smallest absolute Gasteiger partial charge is 0.222 e. The molecule has 0 aliphatic heterocycles. The molecule has 1 fully saturated rings. The third-order valence-electron chi connectivity index (χ3n) is 3.57. The standard InChI is InChI=1S/C17H25NO/c1-14(2)13-18(16-11-12-16)17(19)10-6-9-15-7-4-3-5-8-15/h3-5,7-8,14,16H,6,9-13H2,1-2H3. The van der Waals surface area contributed by atoms with E-state index in [0.717, 1.165) is 19.4 Å². The van der Waals surface area contributed by atoms with Gasteiger partial charge in [-0.15, -0.1) is 0 Å². The second-order valence-corrected chi connectivity index (χ2v) is 6.01. The Kier molecular flexibility index (Phi) is 5.00. The Morgan fingerprint density at radius 1 is 1.26 bits per heavy atom. The van der Waals surface area contributed by atoms with Crippen LogP contribution in [0.5, 0.6) is 0 Å². The highest BCUT2D eigenvalue weighted by molar-refractivity contribution is 5.76. The Morgan fingerprint density at radius 3 is 2.53 bits per heavy atom. The molecule has 1 amide bonds. The van der Waals surface area contributed by atoms with E-state index in [1.165, 1.54) is 18.4 Å². The molecule has 1 aliphatic carbocycles. The molecular weight excluding hydrogens is 234 g/mol. The maximum Gasteiger partial charge on any atom is 0.222 e. The zero-order valence-electron chi connectivity index (χ0n) is 12.1. The van der Waals surface area contributed by atoms with Gasteiger partial charge < -0.3 is 4.90 Å². The van der Waals surface area contributed by atoms with Gasteiger partial charge in [-0.2, -0.15) is 0 Å². The molecule has 2 heteroatoms. The van der Waals surface area contributed by atoms with Crippen molar-refractivity contribution in [1.29, 1.82) is 0 Å². The molecule has 0 atom stereocenters. The van der Waals surface area contributed by atoms with E-state index < -0.39 is 0 Å². The predicted octanol–water partition coefficient (Wildman–Crippen LogP) is 3.66. The van der Waals surface area contributed by atoms with Gasteiger partial charge in [0.2, 0.25) is 5.91 Å². The summed E-state index contributed by atoms with van der Waals surface area (Å²) in [5.41, 5.74) is 1.33. The fourth-order valence-electron chi connectivity index (χ4n) is 2.47. The van der Waals surface area contributed by atoms with Crippen LogP contribution in [0.15, 0.2) is 30.3 Å². The van der Waals surface area contributed by atoms with E-state index in [-0.39, 0.29) is 0 Å². The molecule has 1 aromatic carbocycles. The number of carbonyl (C=O) groups excluding carboxylic acids is 1. The van der Waals surface area contributed by atoms with Gasteiger partial charge in [0, 0.05) is 19.0 Å². The first-order valence-electron chi connectivity index (χ1n) is 7.50. The zero-order chi connectivity index (χ0) is 13.7. The van der Waals surface area contributed by atoms with Crippen molar-refractivity contribution in [1.82, 2.24) is 4.90 Å². The van der Waals surface area contributed by atoms with Gasteiger partial charge in [0.15, 0.2) is 0 Å². The Labute approximate surface area is 116 Å². The lowest BCUT2D eigenvalue weighted by Crippen LogP contribution is -2.36. The molecule has 0 heterocycles. The highest BCUT2D eigenvalue weighted by Crippen LogP contribution is 2.28. The Balaban J connectivity index is 1.76. The van der Waals surface area contributed by atoms with Crippen LogP contribution in [0.2, 0.25) is 0 Å². The molecule has 2 rings (SSSR count). The van der Waals surface area contributed by atoms with E-state index in [9.17, 15) is 4.79 Å². The lowest BCUT2D eigenvalue weighted by atomic mass is 10.1. The molecule has 2 nitrogen and oxygen atoms in total. The number of nitrogens with zero attached hydrogens (tertiary/aromatic N) is 1. The van der Waals surface area contributed by atoms with Gasteiger partial charge in [-0.3, -0.25) is 4.79 Å². The molecule has 19 heavy (non-hydrogen) atoms. The minimum atomic E-state index is 0.354. The van der Waals surface area contributed by atoms with Crippen LogP contribution >= 0.6 is 0 Å². The summed E-state index contributed by atoms with van der Waals surface area (Å²) in [6.07, 6.45) is 5.07. The molecule has 0 radical (unpaired) electrons. The quantitative estimate of drug-likeness (QED) is 0.732. The number of rotatable bonds is 7. The van der Waals surface area contributed by atoms with Gasteiger partial charge in [0.05, 0.1) is 0 Å². The van der Waals surface area contributed by atoms with Crippen molar-refractivity contribution in [2.24, 2.45) is 5.92 Å². The van der Waals surface area contributed by atoms with Gasteiger partial charge in [-0.1, -0.05) is 44.2 Å². The van der Waals surface area contributed by atoms with Gasteiger partial charge >= 0.3 is 0 Å². The van der Waals surface area contributed by atoms with Crippen LogP contribution in [-0.2, 0) is 11.2 Å². The fraction of sp³-hybridized carbons (Fsp3) is 0.588. The van der Waals surface area contributed by atoms with E-state index in [2.05, 4.69) is 43.0 Å². The number of carbonyl (C=O) groups is 1. The van der Waals surface area contributed by atoms with Crippen LogP contribution < -0.4 is 0 Å². The average molecular weight is 259 g/mol. The lowest BCUT2D eigenvalue weighted by molar-refractivity contribution is -0.132. The van der Waals surface area contributed by atoms with Crippen molar-refractivity contribution >= 4 is 5.91 Å². The first-order chi connectivity index (χ1) is 9.16. The largest absolute Gasteiger partial charge is 0.339 e. The van der Waals surface area contributed by atoms with Gasteiger partial charge in [0.25, 0.3) is 0 Å². The lowest BCUT2D eigenvalue weighted by Gasteiger charge is -2.24. The number of aryl methyl sites for hydroxylation is 1. The molecule has 0 bridgehead atoms. The molecule has 0 aromatic heterocycles. The average Bonchev–Trinajstić information content (AvgIpc) is 3.21. The SMILES string of the molecule is CC(C)CN(C(=O)CCCc1ccccc1)C1CC1. The van der Waals surface area contributed by atoms with Crippen LogP contribution in [0, 0.1) is 5.92 Å². The Bertz CT molecular complexity index is 395. The van der Waals surface area contributed by atoms with Crippen molar-refractivity contribution in [3.63, 3.8) is 0 Å². The van der Waals surface area contributed by atoms with E-state index in [0.29, 0.717) is 24.3 Å². The summed E-state index contributed by atoms with van der Waals surface area (Å²) < 4.78 is 0. The summed E-state index contributed by atoms with van der Waals surface area (Å²) in [5, 5.41) is 0. The third-order valence-corrected chi connectivity index (χ3v) is 3.57. The summed E-state index contributed by atoms with van der Waals surface area (Å²) in [5.74, 6) is 0.922. The second kappa shape index (κ2) is 6.74. The number of hydrogen-bond donors (Lipinski definition) is 0. The summed E-state index contributed by atoms with van der Waals surface area (Å²) >= 11 is 0. The highest BCUT2D eigenvalue weighted by atomic mass is 16.2. The molecule has 0 N–H and O–H groups in total. The highest BCUT2D eigenvalue weighted by Gasteiger charge is 2.32. The van der Waals surface area contributed by atoms with Gasteiger partial charge in [-0.05, 0) is 37.2 Å². The molecule has 1 aromatic rings. The minimum absolute atomic E-state index is 0.354. The van der Waals surface area contributed by atoms with Crippen LogP contribution in [-0.4, -0.2) is 23.4 Å². The van der Waals surface area contributed by atoms with E-state index in [4.69, 9.17) is 0 Å². The summed E-state index contributed by atoms with van der Waals surface area (Å²) in [6, 6.07) is 11.0. The topological polar surface area (TPSA) is 20.3 Å². The van der Waals surface area contributed by atoms with E-state index in [1.54, 1.807) is 0 Å². The monoisotopic (exact) mass is 259 g/mol. The Morgan fingerprint density at radius 2 is 1.95 bits per heavy atom. The molecular formula is C17H25NO. The zero-order valence-corrected chi connectivity index (χ0v) is 12.1. The second-order valence-electron chi connectivity index (χ2n) is 6.01. The number of benzene rings is 1. The molecule has 0 saturated heterocycles. The van der Waals surface area contributed by atoms with Gasteiger partial charge in [0.1, 0.15) is 0 Å². The van der Waals surface area contributed by atoms with Crippen molar-refractivity contribution < 1.29 is 4.79 Å². The van der Waals surface area contributed by atoms with E-state index in [1.807, 2.05) is 6.07 Å². The maximum atomic E-state index is 12.3.